The van der Waals surface area contributed by atoms with Crippen LogP contribution in [0.1, 0.15) is 38.4 Å². The van der Waals surface area contributed by atoms with Crippen LogP contribution in [0, 0.1) is 0 Å². The van der Waals surface area contributed by atoms with Crippen molar-refractivity contribution in [2.75, 3.05) is 13.7 Å². The van der Waals surface area contributed by atoms with E-state index in [2.05, 4.69) is 16.6 Å². The maximum atomic E-state index is 5.46. The summed E-state index contributed by atoms with van der Waals surface area (Å²) in [7, 11) is 1.77. The maximum Gasteiger partial charge on any atom is 0.181 e. The highest BCUT2D eigenvalue weighted by Gasteiger charge is 2.43. The number of nitrogens with zero attached hydrogens (tertiary/aromatic N) is 4. The summed E-state index contributed by atoms with van der Waals surface area (Å²) < 4.78 is 7.54. The fraction of sp³-hybridized carbons (Fsp3) is 0.562. The maximum absolute atomic E-state index is 5.46. The van der Waals surface area contributed by atoms with Crippen LogP contribution in [0.15, 0.2) is 24.5 Å². The molecule has 1 fully saturated rings. The molecule has 5 nitrogen and oxygen atoms in total. The summed E-state index contributed by atoms with van der Waals surface area (Å²) in [5.41, 5.74) is 1.08. The molecule has 3 rings (SSSR count). The van der Waals surface area contributed by atoms with Crippen molar-refractivity contribution in [2.24, 2.45) is 0 Å². The summed E-state index contributed by atoms with van der Waals surface area (Å²) in [5, 5.41) is 4.72. The van der Waals surface area contributed by atoms with Gasteiger partial charge in [-0.25, -0.2) is 9.67 Å². The zero-order valence-corrected chi connectivity index (χ0v) is 12.7. The Morgan fingerprint density at radius 1 is 1.29 bits per heavy atom. The van der Waals surface area contributed by atoms with Crippen LogP contribution >= 0.6 is 0 Å². The highest BCUT2D eigenvalue weighted by atomic mass is 16.5. The Balaban J connectivity index is 2.01. The van der Waals surface area contributed by atoms with Gasteiger partial charge in [0.1, 0.15) is 5.82 Å². The molecule has 0 unspecified atom stereocenters. The van der Waals surface area contributed by atoms with Crippen molar-refractivity contribution >= 4 is 0 Å². The summed E-state index contributed by atoms with van der Waals surface area (Å²) in [5.74, 6) is 1.88. The molecule has 1 aliphatic carbocycles. The summed E-state index contributed by atoms with van der Waals surface area (Å²) in [6.07, 6.45) is 8.13. The van der Waals surface area contributed by atoms with Gasteiger partial charge in [-0.05, 0) is 31.4 Å². The molecule has 112 valence electrons. The molecular weight excluding hydrogens is 264 g/mol. The molecular formula is C16H22N4O. The molecule has 2 aromatic rings. The number of hydrogen-bond acceptors (Lipinski definition) is 4. The van der Waals surface area contributed by atoms with Gasteiger partial charge in [-0.2, -0.15) is 5.10 Å². The first-order chi connectivity index (χ1) is 10.3. The van der Waals surface area contributed by atoms with Crippen molar-refractivity contribution in [3.63, 3.8) is 0 Å². The molecule has 0 aromatic carbocycles. The van der Waals surface area contributed by atoms with Crippen LogP contribution in [0.5, 0.6) is 0 Å². The third-order valence-electron chi connectivity index (χ3n) is 4.25. The summed E-state index contributed by atoms with van der Waals surface area (Å²) in [6.45, 7) is 3.80. The lowest BCUT2D eigenvalue weighted by Crippen LogP contribution is -2.41. The van der Waals surface area contributed by atoms with E-state index in [1.54, 1.807) is 19.5 Å². The van der Waals surface area contributed by atoms with Crippen molar-refractivity contribution in [2.45, 2.75) is 44.6 Å². The molecule has 0 radical (unpaired) electrons. The van der Waals surface area contributed by atoms with Crippen LogP contribution in [0.2, 0.25) is 0 Å². The quantitative estimate of drug-likeness (QED) is 0.819. The van der Waals surface area contributed by atoms with Gasteiger partial charge < -0.3 is 4.74 Å². The lowest BCUT2D eigenvalue weighted by molar-refractivity contribution is 0.0697. The second-order valence-corrected chi connectivity index (χ2v) is 5.78. The van der Waals surface area contributed by atoms with Gasteiger partial charge in [0, 0.05) is 31.6 Å². The minimum absolute atomic E-state index is 0.0577. The van der Waals surface area contributed by atoms with Gasteiger partial charge in [-0.3, -0.25) is 4.98 Å². The van der Waals surface area contributed by atoms with Crippen LogP contribution in [0.25, 0.3) is 11.4 Å². The Labute approximate surface area is 125 Å². The largest absolute Gasteiger partial charge is 0.384 e. The highest BCUT2D eigenvalue weighted by molar-refractivity contribution is 5.53. The number of ether oxygens (including phenoxy) is 1. The highest BCUT2D eigenvalue weighted by Crippen LogP contribution is 2.43. The van der Waals surface area contributed by atoms with Gasteiger partial charge in [-0.1, -0.05) is 13.3 Å². The van der Waals surface area contributed by atoms with Crippen LogP contribution < -0.4 is 0 Å². The zero-order valence-electron chi connectivity index (χ0n) is 12.7. The lowest BCUT2D eigenvalue weighted by atomic mass is 9.68. The monoisotopic (exact) mass is 286 g/mol. The molecule has 0 atom stereocenters. The first-order valence-electron chi connectivity index (χ1n) is 7.64. The summed E-state index contributed by atoms with van der Waals surface area (Å²) in [6, 6.07) is 3.92. The van der Waals surface area contributed by atoms with Gasteiger partial charge in [0.25, 0.3) is 0 Å². The minimum atomic E-state index is 0.0577. The van der Waals surface area contributed by atoms with Gasteiger partial charge in [0.05, 0.1) is 12.0 Å². The number of methoxy groups -OCH3 is 1. The van der Waals surface area contributed by atoms with Crippen molar-refractivity contribution < 1.29 is 4.74 Å². The summed E-state index contributed by atoms with van der Waals surface area (Å²) in [4.78, 5) is 8.92. The molecule has 0 amide bonds. The fourth-order valence-electron chi connectivity index (χ4n) is 3.04. The van der Waals surface area contributed by atoms with Crippen LogP contribution in [-0.2, 0) is 16.7 Å². The average Bonchev–Trinajstić information content (AvgIpc) is 2.88. The molecule has 0 saturated heterocycles. The summed E-state index contributed by atoms with van der Waals surface area (Å²) >= 11 is 0. The molecule has 1 aliphatic rings. The number of aromatic nitrogens is 4. The van der Waals surface area contributed by atoms with E-state index in [-0.39, 0.29) is 5.41 Å². The fourth-order valence-corrected chi connectivity index (χ4v) is 3.04. The van der Waals surface area contributed by atoms with Crippen LogP contribution in [0.4, 0.5) is 0 Å². The molecule has 0 bridgehead atoms. The molecule has 0 aliphatic heterocycles. The van der Waals surface area contributed by atoms with Gasteiger partial charge in [-0.15, -0.1) is 0 Å². The first-order valence-corrected chi connectivity index (χ1v) is 7.64. The number of aryl methyl sites for hydroxylation is 1. The normalized spacial score (nSPS) is 16.7. The third kappa shape index (κ3) is 2.58. The molecule has 0 spiro atoms. The van der Waals surface area contributed by atoms with Crippen molar-refractivity contribution in [3.05, 3.63) is 30.4 Å². The van der Waals surface area contributed by atoms with Crippen LogP contribution in [-0.4, -0.2) is 33.5 Å². The Morgan fingerprint density at radius 3 is 2.62 bits per heavy atom. The third-order valence-corrected chi connectivity index (χ3v) is 4.25. The van der Waals surface area contributed by atoms with Gasteiger partial charge >= 0.3 is 0 Å². The molecule has 21 heavy (non-hydrogen) atoms. The molecule has 1 saturated carbocycles. The Kier molecular flexibility index (Phi) is 4.01. The van der Waals surface area contributed by atoms with Gasteiger partial charge in [0.15, 0.2) is 5.82 Å². The minimum Gasteiger partial charge on any atom is -0.384 e. The second kappa shape index (κ2) is 5.93. The number of rotatable bonds is 6. The van der Waals surface area contributed by atoms with E-state index in [9.17, 15) is 0 Å². The molecule has 5 heteroatoms. The number of hydrogen-bond donors (Lipinski definition) is 0. The van der Waals surface area contributed by atoms with Crippen molar-refractivity contribution in [3.8, 4) is 11.4 Å². The second-order valence-electron chi connectivity index (χ2n) is 5.78. The SMILES string of the molecule is CCCn1nc(-c2ccncc2)nc1C1(COC)CCC1. The zero-order chi connectivity index (χ0) is 14.7. The molecule has 2 aromatic heterocycles. The Morgan fingerprint density at radius 2 is 2.05 bits per heavy atom. The standard InChI is InChI=1S/C16H22N4O/c1-3-11-20-15(16(12-21-2)7-4-8-16)18-14(19-20)13-5-9-17-10-6-13/h5-6,9-10H,3-4,7-8,11-12H2,1-2H3. The lowest BCUT2D eigenvalue weighted by Gasteiger charge is -2.40. The predicted octanol–water partition coefficient (Wildman–Crippen LogP) is 2.82. The Hall–Kier alpha value is -1.75. The van der Waals surface area contributed by atoms with Crippen LogP contribution in [0.3, 0.4) is 0 Å². The molecule has 2 heterocycles. The van der Waals surface area contributed by atoms with E-state index < -0.39 is 0 Å². The van der Waals surface area contributed by atoms with Crippen molar-refractivity contribution in [1.29, 1.82) is 0 Å². The molecule has 0 N–H and O–H groups in total. The topological polar surface area (TPSA) is 52.8 Å². The van der Waals surface area contributed by atoms with Gasteiger partial charge in [0.2, 0.25) is 0 Å². The first kappa shape index (κ1) is 14.2. The van der Waals surface area contributed by atoms with E-state index in [1.165, 1.54) is 6.42 Å². The van der Waals surface area contributed by atoms with E-state index in [0.717, 1.165) is 49.6 Å². The smallest absolute Gasteiger partial charge is 0.181 e. The van der Waals surface area contributed by atoms with E-state index in [0.29, 0.717) is 0 Å². The Bertz CT molecular complexity index is 590. The van der Waals surface area contributed by atoms with Crippen molar-refractivity contribution in [1.82, 2.24) is 19.7 Å². The predicted molar refractivity (Wildman–Crippen MR) is 80.9 cm³/mol. The van der Waals surface area contributed by atoms with E-state index >= 15 is 0 Å². The average molecular weight is 286 g/mol. The number of pyridine rings is 1. The van der Waals surface area contributed by atoms with E-state index in [1.807, 2.05) is 12.1 Å². The van der Waals surface area contributed by atoms with E-state index in [4.69, 9.17) is 14.8 Å².